The summed E-state index contributed by atoms with van der Waals surface area (Å²) in [6.45, 7) is 5.98. The molecule has 0 spiro atoms. The summed E-state index contributed by atoms with van der Waals surface area (Å²) in [6, 6.07) is 3.80. The van der Waals surface area contributed by atoms with Crippen molar-refractivity contribution in [2.24, 2.45) is 0 Å². The molecule has 1 aromatic heterocycles. The van der Waals surface area contributed by atoms with Gasteiger partial charge in [0.2, 0.25) is 0 Å². The van der Waals surface area contributed by atoms with E-state index in [-0.39, 0.29) is 0 Å². The molecule has 0 atom stereocenters. The molecular weight excluding hydrogens is 269 g/mol. The van der Waals surface area contributed by atoms with Gasteiger partial charge in [-0.05, 0) is 31.5 Å². The van der Waals surface area contributed by atoms with Gasteiger partial charge in [0, 0.05) is 10.9 Å². The van der Waals surface area contributed by atoms with Gasteiger partial charge in [-0.25, -0.2) is 0 Å². The Kier molecular flexibility index (Phi) is 4.55. The van der Waals surface area contributed by atoms with Crippen molar-refractivity contribution in [2.75, 3.05) is 6.54 Å². The number of aryl methyl sites for hydroxylation is 1. The molecular formula is C14H17Cl2NO. The van der Waals surface area contributed by atoms with Crippen molar-refractivity contribution < 1.29 is 4.42 Å². The second-order valence-electron chi connectivity index (χ2n) is 4.27. The molecule has 18 heavy (non-hydrogen) atoms. The average Bonchev–Trinajstić information content (AvgIpc) is 2.73. The third kappa shape index (κ3) is 2.51. The van der Waals surface area contributed by atoms with E-state index in [1.807, 2.05) is 12.1 Å². The summed E-state index contributed by atoms with van der Waals surface area (Å²) in [5.74, 6) is 0.963. The van der Waals surface area contributed by atoms with Crippen LogP contribution in [-0.4, -0.2) is 6.54 Å². The van der Waals surface area contributed by atoms with Gasteiger partial charge in [0.15, 0.2) is 5.58 Å². The largest absolute Gasteiger partial charge is 0.458 e. The maximum absolute atomic E-state index is 6.18. The molecule has 1 aromatic carbocycles. The average molecular weight is 286 g/mol. The van der Waals surface area contributed by atoms with Crippen LogP contribution < -0.4 is 5.32 Å². The van der Waals surface area contributed by atoms with Gasteiger partial charge >= 0.3 is 0 Å². The van der Waals surface area contributed by atoms with E-state index in [2.05, 4.69) is 19.2 Å². The first-order chi connectivity index (χ1) is 8.69. The summed E-state index contributed by atoms with van der Waals surface area (Å²) < 4.78 is 5.87. The molecule has 0 bridgehead atoms. The highest BCUT2D eigenvalue weighted by Crippen LogP contribution is 2.35. The normalized spacial score (nSPS) is 11.3. The van der Waals surface area contributed by atoms with Crippen LogP contribution in [0.25, 0.3) is 11.0 Å². The molecule has 0 amide bonds. The molecule has 0 unspecified atom stereocenters. The zero-order chi connectivity index (χ0) is 13.1. The first-order valence-corrected chi connectivity index (χ1v) is 7.03. The minimum absolute atomic E-state index is 0.505. The Morgan fingerprint density at radius 1 is 1.22 bits per heavy atom. The Labute approximate surface area is 117 Å². The van der Waals surface area contributed by atoms with Crippen molar-refractivity contribution in [1.82, 2.24) is 5.32 Å². The van der Waals surface area contributed by atoms with E-state index in [4.69, 9.17) is 27.6 Å². The molecule has 2 rings (SSSR count). The van der Waals surface area contributed by atoms with Crippen LogP contribution in [0.2, 0.25) is 10.0 Å². The highest BCUT2D eigenvalue weighted by Gasteiger charge is 2.16. The van der Waals surface area contributed by atoms with Gasteiger partial charge in [0.25, 0.3) is 0 Å². The molecule has 98 valence electrons. The molecule has 2 nitrogen and oxygen atoms in total. The lowest BCUT2D eigenvalue weighted by Crippen LogP contribution is -2.14. The van der Waals surface area contributed by atoms with E-state index in [1.165, 1.54) is 5.56 Å². The van der Waals surface area contributed by atoms with Gasteiger partial charge in [-0.15, -0.1) is 0 Å². The topological polar surface area (TPSA) is 25.2 Å². The Balaban J connectivity index is 2.44. The summed E-state index contributed by atoms with van der Waals surface area (Å²) in [4.78, 5) is 0. The highest BCUT2D eigenvalue weighted by atomic mass is 35.5. The maximum atomic E-state index is 6.18. The molecule has 4 heteroatoms. The first kappa shape index (κ1) is 13.7. The van der Waals surface area contributed by atoms with Crippen LogP contribution in [0.5, 0.6) is 0 Å². The maximum Gasteiger partial charge on any atom is 0.154 e. The van der Waals surface area contributed by atoms with Crippen LogP contribution >= 0.6 is 23.2 Å². The van der Waals surface area contributed by atoms with Crippen LogP contribution in [0.3, 0.4) is 0 Å². The number of hydrogen-bond acceptors (Lipinski definition) is 2. The van der Waals surface area contributed by atoms with E-state index in [0.717, 1.165) is 37.1 Å². The standard InChI is InChI=1S/C14H17Cl2NO/c1-3-7-17-8-12-9(4-2)10-5-6-11(15)13(16)14(10)18-12/h5-6,17H,3-4,7-8H2,1-2H3. The first-order valence-electron chi connectivity index (χ1n) is 6.28. The van der Waals surface area contributed by atoms with Crippen LogP contribution in [-0.2, 0) is 13.0 Å². The molecule has 2 aromatic rings. The van der Waals surface area contributed by atoms with Gasteiger partial charge in [-0.1, -0.05) is 37.0 Å². The van der Waals surface area contributed by atoms with Gasteiger partial charge in [0.05, 0.1) is 11.6 Å². The lowest BCUT2D eigenvalue weighted by Gasteiger charge is -2.01. The second-order valence-corrected chi connectivity index (χ2v) is 5.06. The summed E-state index contributed by atoms with van der Waals surface area (Å²) in [5, 5.41) is 5.46. The summed E-state index contributed by atoms with van der Waals surface area (Å²) >= 11 is 12.2. The number of hydrogen-bond donors (Lipinski definition) is 1. The Morgan fingerprint density at radius 3 is 2.67 bits per heavy atom. The summed E-state index contributed by atoms with van der Waals surface area (Å²) in [6.07, 6.45) is 2.03. The fraction of sp³-hybridized carbons (Fsp3) is 0.429. The smallest absolute Gasteiger partial charge is 0.154 e. The third-order valence-corrected chi connectivity index (χ3v) is 3.79. The molecule has 1 heterocycles. The monoisotopic (exact) mass is 285 g/mol. The Hall–Kier alpha value is -0.700. The predicted molar refractivity (Wildman–Crippen MR) is 77.6 cm³/mol. The van der Waals surface area contributed by atoms with Gasteiger partial charge in [-0.2, -0.15) is 0 Å². The van der Waals surface area contributed by atoms with E-state index < -0.39 is 0 Å². The van der Waals surface area contributed by atoms with E-state index in [0.29, 0.717) is 15.6 Å². The van der Waals surface area contributed by atoms with E-state index in [1.54, 1.807) is 0 Å². The van der Waals surface area contributed by atoms with E-state index in [9.17, 15) is 0 Å². The van der Waals surface area contributed by atoms with Crippen molar-refractivity contribution in [3.05, 3.63) is 33.5 Å². The van der Waals surface area contributed by atoms with Gasteiger partial charge < -0.3 is 9.73 Å². The molecule has 0 saturated carbocycles. The number of halogens is 2. The van der Waals surface area contributed by atoms with Crippen molar-refractivity contribution in [2.45, 2.75) is 33.2 Å². The zero-order valence-corrected chi connectivity index (χ0v) is 12.2. The molecule has 0 fully saturated rings. The second kappa shape index (κ2) is 5.96. The van der Waals surface area contributed by atoms with Crippen LogP contribution in [0, 0.1) is 0 Å². The minimum Gasteiger partial charge on any atom is -0.458 e. The molecule has 0 radical (unpaired) electrons. The number of nitrogens with one attached hydrogen (secondary N) is 1. The number of furan rings is 1. The molecule has 0 aliphatic carbocycles. The predicted octanol–water partition coefficient (Wildman–Crippen LogP) is 4.80. The molecule has 0 aliphatic heterocycles. The van der Waals surface area contributed by atoms with E-state index >= 15 is 0 Å². The van der Waals surface area contributed by atoms with Crippen molar-refractivity contribution in [3.8, 4) is 0 Å². The lowest BCUT2D eigenvalue weighted by atomic mass is 10.1. The number of benzene rings is 1. The van der Waals surface area contributed by atoms with Crippen LogP contribution in [0.15, 0.2) is 16.5 Å². The molecule has 1 N–H and O–H groups in total. The number of rotatable bonds is 5. The molecule has 0 aliphatic rings. The zero-order valence-electron chi connectivity index (χ0n) is 10.6. The third-order valence-electron chi connectivity index (χ3n) is 3.00. The van der Waals surface area contributed by atoms with Crippen LogP contribution in [0.1, 0.15) is 31.6 Å². The number of fused-ring (bicyclic) bond motifs is 1. The lowest BCUT2D eigenvalue weighted by molar-refractivity contribution is 0.508. The van der Waals surface area contributed by atoms with Crippen molar-refractivity contribution in [3.63, 3.8) is 0 Å². The minimum atomic E-state index is 0.505. The highest BCUT2D eigenvalue weighted by molar-refractivity contribution is 6.44. The summed E-state index contributed by atoms with van der Waals surface area (Å²) in [5.41, 5.74) is 1.92. The molecule has 0 saturated heterocycles. The quantitative estimate of drug-likeness (QED) is 0.798. The van der Waals surface area contributed by atoms with Gasteiger partial charge in [0.1, 0.15) is 10.8 Å². The van der Waals surface area contributed by atoms with Gasteiger partial charge in [-0.3, -0.25) is 0 Å². The Morgan fingerprint density at radius 2 is 2.00 bits per heavy atom. The van der Waals surface area contributed by atoms with Crippen molar-refractivity contribution in [1.29, 1.82) is 0 Å². The Bertz CT molecular complexity index is 548. The van der Waals surface area contributed by atoms with Crippen molar-refractivity contribution >= 4 is 34.2 Å². The SMILES string of the molecule is CCCNCc1oc2c(Cl)c(Cl)ccc2c1CC. The van der Waals surface area contributed by atoms with Crippen LogP contribution in [0.4, 0.5) is 0 Å². The fourth-order valence-electron chi connectivity index (χ4n) is 2.11. The fourth-order valence-corrected chi connectivity index (χ4v) is 2.47. The summed E-state index contributed by atoms with van der Waals surface area (Å²) in [7, 11) is 0.